The van der Waals surface area contributed by atoms with Crippen LogP contribution < -0.4 is 14.8 Å². The molecule has 0 saturated carbocycles. The van der Waals surface area contributed by atoms with Gasteiger partial charge in [0.25, 0.3) is 0 Å². The first kappa shape index (κ1) is 14.4. The first-order valence-corrected chi connectivity index (χ1v) is 8.34. The maximum absolute atomic E-state index is 5.82. The molecule has 3 nitrogen and oxygen atoms in total. The molecule has 1 aliphatic rings. The van der Waals surface area contributed by atoms with E-state index in [1.54, 1.807) is 11.3 Å². The Labute approximate surface area is 129 Å². The highest BCUT2D eigenvalue weighted by Crippen LogP contribution is 2.36. The van der Waals surface area contributed by atoms with Gasteiger partial charge in [0.05, 0.1) is 19.3 Å². The van der Waals surface area contributed by atoms with E-state index in [-0.39, 0.29) is 6.04 Å². The molecule has 2 heterocycles. The second kappa shape index (κ2) is 6.50. The summed E-state index contributed by atoms with van der Waals surface area (Å²) in [7, 11) is 0. The van der Waals surface area contributed by atoms with Gasteiger partial charge in [0, 0.05) is 11.3 Å². The van der Waals surface area contributed by atoms with E-state index in [0.717, 1.165) is 37.7 Å². The molecular formula is C17H21NO2S. The number of hydrogen-bond donors (Lipinski definition) is 1. The van der Waals surface area contributed by atoms with Gasteiger partial charge in [0.15, 0.2) is 11.5 Å². The van der Waals surface area contributed by atoms with Crippen LogP contribution >= 0.6 is 11.3 Å². The molecule has 2 aromatic rings. The number of ether oxygens (including phenoxy) is 2. The fourth-order valence-corrected chi connectivity index (χ4v) is 3.63. The van der Waals surface area contributed by atoms with Crippen LogP contribution in [0.5, 0.6) is 11.5 Å². The van der Waals surface area contributed by atoms with Crippen molar-refractivity contribution in [2.75, 3.05) is 19.8 Å². The molecule has 4 heteroatoms. The van der Waals surface area contributed by atoms with Crippen LogP contribution in [0.1, 0.15) is 35.4 Å². The fraction of sp³-hybridized carbons (Fsp3) is 0.412. The normalized spacial score (nSPS) is 15.5. The maximum Gasteiger partial charge on any atom is 0.161 e. The molecule has 1 aromatic heterocycles. The third-order valence-electron chi connectivity index (χ3n) is 3.68. The predicted octanol–water partition coefficient (Wildman–Crippen LogP) is 3.92. The van der Waals surface area contributed by atoms with Crippen LogP contribution in [0, 0.1) is 6.92 Å². The number of nitrogens with one attached hydrogen (secondary N) is 1. The molecule has 0 bridgehead atoms. The summed E-state index contributed by atoms with van der Waals surface area (Å²) in [6, 6.07) is 8.68. The number of hydrogen-bond acceptors (Lipinski definition) is 4. The molecule has 1 atom stereocenters. The summed E-state index contributed by atoms with van der Waals surface area (Å²) in [5.41, 5.74) is 2.56. The lowest BCUT2D eigenvalue weighted by atomic mass is 10.0. The van der Waals surface area contributed by atoms with Crippen molar-refractivity contribution in [2.45, 2.75) is 26.3 Å². The van der Waals surface area contributed by atoms with Crippen LogP contribution in [0.25, 0.3) is 0 Å². The molecule has 1 aliphatic heterocycles. The van der Waals surface area contributed by atoms with Crippen molar-refractivity contribution in [2.24, 2.45) is 0 Å². The predicted molar refractivity (Wildman–Crippen MR) is 86.6 cm³/mol. The standard InChI is InChI=1S/C17H21NO2S/c1-3-18-16(17-12(2)7-10-21-17)13-5-6-14-15(11-13)20-9-4-8-19-14/h5-7,10-11,16,18H,3-4,8-9H2,1-2H3. The van der Waals surface area contributed by atoms with Crippen molar-refractivity contribution in [3.8, 4) is 11.5 Å². The van der Waals surface area contributed by atoms with Gasteiger partial charge in [0.1, 0.15) is 0 Å². The van der Waals surface area contributed by atoms with Crippen LogP contribution in [-0.2, 0) is 0 Å². The van der Waals surface area contributed by atoms with Gasteiger partial charge < -0.3 is 14.8 Å². The molecule has 0 radical (unpaired) electrons. The van der Waals surface area contributed by atoms with Crippen LogP contribution in [0.3, 0.4) is 0 Å². The smallest absolute Gasteiger partial charge is 0.161 e. The average Bonchev–Trinajstić information content (AvgIpc) is 2.78. The Kier molecular flexibility index (Phi) is 4.46. The highest BCUT2D eigenvalue weighted by Gasteiger charge is 2.19. The van der Waals surface area contributed by atoms with Crippen LogP contribution in [-0.4, -0.2) is 19.8 Å². The Hall–Kier alpha value is -1.52. The summed E-state index contributed by atoms with van der Waals surface area (Å²) >= 11 is 1.80. The average molecular weight is 303 g/mol. The Balaban J connectivity index is 1.96. The van der Waals surface area contributed by atoms with Crippen LogP contribution in [0.15, 0.2) is 29.6 Å². The van der Waals surface area contributed by atoms with Gasteiger partial charge in [-0.05, 0) is 48.2 Å². The van der Waals surface area contributed by atoms with Gasteiger partial charge in [-0.15, -0.1) is 11.3 Å². The molecule has 0 saturated heterocycles. The Morgan fingerprint density at radius 2 is 2.00 bits per heavy atom. The van der Waals surface area contributed by atoms with Crippen molar-refractivity contribution in [1.82, 2.24) is 5.32 Å². The minimum absolute atomic E-state index is 0.215. The van der Waals surface area contributed by atoms with Crippen molar-refractivity contribution in [3.05, 3.63) is 45.6 Å². The van der Waals surface area contributed by atoms with E-state index in [1.807, 2.05) is 6.07 Å². The second-order valence-corrected chi connectivity index (χ2v) is 6.16. The van der Waals surface area contributed by atoms with Crippen LogP contribution in [0.2, 0.25) is 0 Å². The van der Waals surface area contributed by atoms with E-state index in [2.05, 4.69) is 42.7 Å². The van der Waals surface area contributed by atoms with E-state index >= 15 is 0 Å². The fourth-order valence-electron chi connectivity index (χ4n) is 2.61. The van der Waals surface area contributed by atoms with Crippen molar-refractivity contribution in [1.29, 1.82) is 0 Å². The molecule has 1 unspecified atom stereocenters. The molecule has 0 fully saturated rings. The SMILES string of the molecule is CCNC(c1ccc2c(c1)OCCCO2)c1sccc1C. The van der Waals surface area contributed by atoms with Crippen molar-refractivity contribution >= 4 is 11.3 Å². The molecule has 1 aromatic carbocycles. The molecule has 3 rings (SSSR count). The van der Waals surface area contributed by atoms with Gasteiger partial charge in [-0.1, -0.05) is 13.0 Å². The van der Waals surface area contributed by atoms with Gasteiger partial charge in [-0.3, -0.25) is 0 Å². The van der Waals surface area contributed by atoms with Crippen molar-refractivity contribution < 1.29 is 9.47 Å². The second-order valence-electron chi connectivity index (χ2n) is 5.22. The summed E-state index contributed by atoms with van der Waals surface area (Å²) in [6.45, 7) is 6.68. The van der Waals surface area contributed by atoms with E-state index < -0.39 is 0 Å². The zero-order valence-corrected chi connectivity index (χ0v) is 13.3. The van der Waals surface area contributed by atoms with E-state index in [9.17, 15) is 0 Å². The maximum atomic E-state index is 5.82. The zero-order valence-electron chi connectivity index (χ0n) is 12.5. The summed E-state index contributed by atoms with van der Waals surface area (Å²) in [5.74, 6) is 1.72. The number of fused-ring (bicyclic) bond motifs is 1. The first-order valence-electron chi connectivity index (χ1n) is 7.46. The Morgan fingerprint density at radius 1 is 1.19 bits per heavy atom. The third kappa shape index (κ3) is 3.06. The summed E-state index contributed by atoms with van der Waals surface area (Å²) in [5, 5.41) is 5.73. The van der Waals surface area contributed by atoms with Gasteiger partial charge in [-0.25, -0.2) is 0 Å². The highest BCUT2D eigenvalue weighted by atomic mass is 32.1. The number of thiophene rings is 1. The Morgan fingerprint density at radius 3 is 2.71 bits per heavy atom. The highest BCUT2D eigenvalue weighted by molar-refractivity contribution is 7.10. The summed E-state index contributed by atoms with van der Waals surface area (Å²) in [4.78, 5) is 1.37. The lowest BCUT2D eigenvalue weighted by Crippen LogP contribution is -2.21. The molecule has 0 aliphatic carbocycles. The van der Waals surface area contributed by atoms with Gasteiger partial charge in [-0.2, -0.15) is 0 Å². The first-order chi connectivity index (χ1) is 10.3. The van der Waals surface area contributed by atoms with Crippen molar-refractivity contribution in [3.63, 3.8) is 0 Å². The lowest BCUT2D eigenvalue weighted by Gasteiger charge is -2.19. The van der Waals surface area contributed by atoms with E-state index in [1.165, 1.54) is 16.0 Å². The van der Waals surface area contributed by atoms with E-state index in [0.29, 0.717) is 0 Å². The monoisotopic (exact) mass is 303 g/mol. The van der Waals surface area contributed by atoms with Gasteiger partial charge in [0.2, 0.25) is 0 Å². The molecule has 0 spiro atoms. The molecular weight excluding hydrogens is 282 g/mol. The molecule has 21 heavy (non-hydrogen) atoms. The van der Waals surface area contributed by atoms with E-state index in [4.69, 9.17) is 9.47 Å². The molecule has 0 amide bonds. The summed E-state index contributed by atoms with van der Waals surface area (Å²) in [6.07, 6.45) is 0.935. The minimum atomic E-state index is 0.215. The minimum Gasteiger partial charge on any atom is -0.490 e. The largest absolute Gasteiger partial charge is 0.490 e. The molecule has 1 N–H and O–H groups in total. The molecule has 112 valence electrons. The lowest BCUT2D eigenvalue weighted by molar-refractivity contribution is 0.297. The quantitative estimate of drug-likeness (QED) is 0.928. The number of rotatable bonds is 4. The number of benzene rings is 1. The number of aryl methyl sites for hydroxylation is 1. The summed E-state index contributed by atoms with van der Waals surface area (Å²) < 4.78 is 11.5. The zero-order chi connectivity index (χ0) is 14.7. The van der Waals surface area contributed by atoms with Gasteiger partial charge >= 0.3 is 0 Å². The van der Waals surface area contributed by atoms with Crippen LogP contribution in [0.4, 0.5) is 0 Å². The Bertz CT molecular complexity index is 609. The topological polar surface area (TPSA) is 30.5 Å². The third-order valence-corrected chi connectivity index (χ3v) is 4.76.